The molecule has 0 amide bonds. The van der Waals surface area contributed by atoms with E-state index in [9.17, 15) is 0 Å². The van der Waals surface area contributed by atoms with Crippen LogP contribution < -0.4 is 10.1 Å². The van der Waals surface area contributed by atoms with Crippen LogP contribution in [-0.4, -0.2) is 14.4 Å². The molecule has 1 aromatic carbocycles. The first kappa shape index (κ1) is 20.8. The maximum atomic E-state index is 5.78. The van der Waals surface area contributed by atoms with Crippen molar-refractivity contribution in [1.29, 1.82) is 0 Å². The van der Waals surface area contributed by atoms with E-state index in [0.717, 1.165) is 45.4 Å². The van der Waals surface area contributed by atoms with Gasteiger partial charge in [-0.3, -0.25) is 0 Å². The van der Waals surface area contributed by atoms with Gasteiger partial charge in [0.1, 0.15) is 18.0 Å². The second kappa shape index (κ2) is 9.52. The van der Waals surface area contributed by atoms with Gasteiger partial charge in [-0.15, -0.1) is 23.7 Å². The standard InChI is InChI=1S/C20H19BrN4OS.ClH/c1-14-23-18(13-27-14)12-26-19-5-2-15(3-6-19)8-22-9-17-11-25-10-16(21)4-7-20(25)24-17;/h2-7,10-11,13,22H,8-9,12H2,1H3;1H. The zero-order valence-corrected chi connectivity index (χ0v) is 18.5. The molecule has 3 heterocycles. The van der Waals surface area contributed by atoms with Gasteiger partial charge in [0.15, 0.2) is 0 Å². The Labute approximate surface area is 182 Å². The number of halogens is 2. The van der Waals surface area contributed by atoms with Crippen LogP contribution in [-0.2, 0) is 19.7 Å². The largest absolute Gasteiger partial charge is 0.487 e. The Balaban J connectivity index is 0.00000225. The highest BCUT2D eigenvalue weighted by Gasteiger charge is 2.03. The van der Waals surface area contributed by atoms with E-state index in [-0.39, 0.29) is 12.4 Å². The smallest absolute Gasteiger partial charge is 0.137 e. The third-order valence-corrected chi connectivity index (χ3v) is 5.37. The molecule has 5 nitrogen and oxygen atoms in total. The highest BCUT2D eigenvalue weighted by Crippen LogP contribution is 2.16. The Bertz CT molecular complexity index is 1050. The van der Waals surface area contributed by atoms with Crippen molar-refractivity contribution < 1.29 is 4.74 Å². The van der Waals surface area contributed by atoms with Crippen molar-refractivity contribution in [3.8, 4) is 5.75 Å². The molecule has 0 radical (unpaired) electrons. The number of rotatable bonds is 7. The number of nitrogens with zero attached hydrogens (tertiary/aromatic N) is 3. The van der Waals surface area contributed by atoms with Crippen LogP contribution in [0.2, 0.25) is 0 Å². The van der Waals surface area contributed by atoms with Crippen LogP contribution in [0, 0.1) is 6.92 Å². The lowest BCUT2D eigenvalue weighted by molar-refractivity contribution is 0.302. The molecular formula is C20H20BrClN4OS. The van der Waals surface area contributed by atoms with Crippen LogP contribution in [0.5, 0.6) is 5.75 Å². The fourth-order valence-corrected chi connectivity index (χ4v) is 3.72. The Morgan fingerprint density at radius 2 is 1.86 bits per heavy atom. The molecule has 4 rings (SSSR count). The summed E-state index contributed by atoms with van der Waals surface area (Å²) in [4.78, 5) is 9.01. The first-order valence-electron chi connectivity index (χ1n) is 8.62. The summed E-state index contributed by atoms with van der Waals surface area (Å²) in [7, 11) is 0. The first-order valence-corrected chi connectivity index (χ1v) is 10.3. The summed E-state index contributed by atoms with van der Waals surface area (Å²) in [6.45, 7) is 4.01. The molecule has 3 aromatic heterocycles. The van der Waals surface area contributed by atoms with Crippen LogP contribution in [0.25, 0.3) is 5.65 Å². The summed E-state index contributed by atoms with van der Waals surface area (Å²) in [5.41, 5.74) is 4.15. The molecule has 0 atom stereocenters. The van der Waals surface area contributed by atoms with E-state index in [1.165, 1.54) is 5.56 Å². The number of aryl methyl sites for hydroxylation is 1. The van der Waals surface area contributed by atoms with E-state index in [1.54, 1.807) is 11.3 Å². The number of imidazole rings is 1. The second-order valence-corrected chi connectivity index (χ2v) is 8.22. The maximum absolute atomic E-state index is 5.78. The molecule has 0 fully saturated rings. The molecular weight excluding hydrogens is 460 g/mol. The monoisotopic (exact) mass is 478 g/mol. The minimum atomic E-state index is 0. The zero-order valence-electron chi connectivity index (χ0n) is 15.3. The number of hydrogen-bond donors (Lipinski definition) is 1. The molecule has 4 aromatic rings. The highest BCUT2D eigenvalue weighted by atomic mass is 79.9. The van der Waals surface area contributed by atoms with Gasteiger partial charge in [0, 0.05) is 35.3 Å². The van der Waals surface area contributed by atoms with Crippen molar-refractivity contribution in [1.82, 2.24) is 19.7 Å². The van der Waals surface area contributed by atoms with Gasteiger partial charge in [0.25, 0.3) is 0 Å². The summed E-state index contributed by atoms with van der Waals surface area (Å²) >= 11 is 5.12. The van der Waals surface area contributed by atoms with Crippen LogP contribution >= 0.6 is 39.7 Å². The molecule has 0 unspecified atom stereocenters. The highest BCUT2D eigenvalue weighted by molar-refractivity contribution is 9.10. The molecule has 0 aliphatic heterocycles. The molecule has 8 heteroatoms. The van der Waals surface area contributed by atoms with Gasteiger partial charge < -0.3 is 14.5 Å². The average Bonchev–Trinajstić information content (AvgIpc) is 3.26. The fraction of sp³-hybridized carbons (Fsp3) is 0.200. The molecule has 0 aliphatic carbocycles. The molecule has 0 aliphatic rings. The Morgan fingerprint density at radius 1 is 1.04 bits per heavy atom. The quantitative estimate of drug-likeness (QED) is 0.398. The predicted molar refractivity (Wildman–Crippen MR) is 118 cm³/mol. The van der Waals surface area contributed by atoms with Crippen LogP contribution in [0.4, 0.5) is 0 Å². The third-order valence-electron chi connectivity index (χ3n) is 4.08. The van der Waals surface area contributed by atoms with Gasteiger partial charge in [-0.05, 0) is 52.7 Å². The lowest BCUT2D eigenvalue weighted by Crippen LogP contribution is -2.12. The third kappa shape index (κ3) is 5.32. The maximum Gasteiger partial charge on any atom is 0.137 e. The Kier molecular flexibility index (Phi) is 7.07. The Morgan fingerprint density at radius 3 is 2.61 bits per heavy atom. The van der Waals surface area contributed by atoms with E-state index in [0.29, 0.717) is 6.61 Å². The van der Waals surface area contributed by atoms with E-state index >= 15 is 0 Å². The van der Waals surface area contributed by atoms with Gasteiger partial charge in [-0.1, -0.05) is 12.1 Å². The summed E-state index contributed by atoms with van der Waals surface area (Å²) in [6, 6.07) is 12.2. The van der Waals surface area contributed by atoms with E-state index in [4.69, 9.17) is 4.74 Å². The molecule has 0 spiro atoms. The summed E-state index contributed by atoms with van der Waals surface area (Å²) in [6.07, 6.45) is 4.06. The van der Waals surface area contributed by atoms with Crippen LogP contribution in [0.1, 0.15) is 22.0 Å². The van der Waals surface area contributed by atoms with Gasteiger partial charge in [-0.25, -0.2) is 9.97 Å². The van der Waals surface area contributed by atoms with E-state index < -0.39 is 0 Å². The van der Waals surface area contributed by atoms with Crippen LogP contribution in [0.15, 0.2) is 58.6 Å². The molecule has 28 heavy (non-hydrogen) atoms. The topological polar surface area (TPSA) is 51.5 Å². The van der Waals surface area contributed by atoms with Gasteiger partial charge in [0.2, 0.25) is 0 Å². The number of thiazole rings is 1. The summed E-state index contributed by atoms with van der Waals surface area (Å²) in [5, 5.41) is 6.53. The van der Waals surface area contributed by atoms with E-state index in [2.05, 4.69) is 43.3 Å². The predicted octanol–water partition coefficient (Wildman–Crippen LogP) is 5.15. The average molecular weight is 480 g/mol. The number of hydrogen-bond acceptors (Lipinski definition) is 5. The van der Waals surface area contributed by atoms with Gasteiger partial charge in [0.05, 0.1) is 16.4 Å². The summed E-state index contributed by atoms with van der Waals surface area (Å²) in [5.74, 6) is 0.857. The normalized spacial score (nSPS) is 10.8. The number of ether oxygens (including phenoxy) is 1. The number of pyridine rings is 1. The van der Waals surface area contributed by atoms with Crippen molar-refractivity contribution in [2.24, 2.45) is 0 Å². The SMILES string of the molecule is Cc1nc(COc2ccc(CNCc3cn4cc(Br)ccc4n3)cc2)cs1.Cl. The fourth-order valence-electron chi connectivity index (χ4n) is 2.77. The van der Waals surface area contributed by atoms with Crippen molar-refractivity contribution in [2.75, 3.05) is 0 Å². The second-order valence-electron chi connectivity index (χ2n) is 6.24. The summed E-state index contributed by atoms with van der Waals surface area (Å²) < 4.78 is 8.85. The number of nitrogens with one attached hydrogen (secondary N) is 1. The van der Waals surface area contributed by atoms with Crippen molar-refractivity contribution in [3.63, 3.8) is 0 Å². The lowest BCUT2D eigenvalue weighted by atomic mass is 10.2. The lowest BCUT2D eigenvalue weighted by Gasteiger charge is -2.07. The molecule has 146 valence electrons. The van der Waals surface area contributed by atoms with Crippen molar-refractivity contribution in [3.05, 3.63) is 80.6 Å². The first-order chi connectivity index (χ1) is 13.2. The molecule has 0 saturated heterocycles. The molecule has 0 bridgehead atoms. The van der Waals surface area contributed by atoms with Gasteiger partial charge >= 0.3 is 0 Å². The molecule has 0 saturated carbocycles. The van der Waals surface area contributed by atoms with E-state index in [1.807, 2.05) is 53.4 Å². The number of aromatic nitrogens is 3. The number of benzene rings is 1. The molecule has 1 N–H and O–H groups in total. The minimum absolute atomic E-state index is 0. The number of fused-ring (bicyclic) bond motifs is 1. The zero-order chi connectivity index (χ0) is 18.6. The van der Waals surface area contributed by atoms with Gasteiger partial charge in [-0.2, -0.15) is 0 Å². The Hall–Kier alpha value is -1.93. The van der Waals surface area contributed by atoms with Crippen molar-refractivity contribution >= 4 is 45.3 Å². The van der Waals surface area contributed by atoms with Crippen molar-refractivity contribution in [2.45, 2.75) is 26.6 Å². The minimum Gasteiger partial charge on any atom is -0.487 e. The van der Waals surface area contributed by atoms with Crippen LogP contribution in [0.3, 0.4) is 0 Å².